The van der Waals surface area contributed by atoms with Crippen molar-refractivity contribution in [2.45, 2.75) is 66.1 Å². The molecule has 1 aromatic heterocycles. The fourth-order valence-corrected chi connectivity index (χ4v) is 3.27. The molecule has 0 spiro atoms. The first-order valence-corrected chi connectivity index (χ1v) is 8.78. The highest BCUT2D eigenvalue weighted by Gasteiger charge is 2.29. The second-order valence-electron chi connectivity index (χ2n) is 8.31. The van der Waals surface area contributed by atoms with Crippen molar-refractivity contribution in [2.75, 3.05) is 19.6 Å². The number of imidazole rings is 1. The van der Waals surface area contributed by atoms with Crippen LogP contribution in [0.5, 0.6) is 0 Å². The third-order valence-electron chi connectivity index (χ3n) is 4.65. The summed E-state index contributed by atoms with van der Waals surface area (Å²) in [6, 6.07) is 1.12. The van der Waals surface area contributed by atoms with Gasteiger partial charge in [-0.2, -0.15) is 0 Å². The zero-order chi connectivity index (χ0) is 16.2. The van der Waals surface area contributed by atoms with Gasteiger partial charge in [0.05, 0.1) is 6.33 Å². The van der Waals surface area contributed by atoms with Crippen LogP contribution in [0.2, 0.25) is 0 Å². The molecule has 1 aliphatic heterocycles. The van der Waals surface area contributed by atoms with Gasteiger partial charge in [0.15, 0.2) is 0 Å². The van der Waals surface area contributed by atoms with Crippen LogP contribution in [0.15, 0.2) is 18.7 Å². The van der Waals surface area contributed by atoms with Crippen molar-refractivity contribution in [1.82, 2.24) is 19.8 Å². The van der Waals surface area contributed by atoms with Crippen LogP contribution in [0.1, 0.15) is 47.5 Å². The van der Waals surface area contributed by atoms with Gasteiger partial charge < -0.3 is 14.8 Å². The standard InChI is InChI=1S/C18H34N4/c1-15(2)12-21-9-6-16(7-10-21)20-17(18(3,4)5)13-22-11-8-19-14-22/h8,11,14-17,20H,6-7,9-10,12-13H2,1-5H3/t17-/m0/s1. The number of rotatable bonds is 6. The first-order chi connectivity index (χ1) is 10.3. The van der Waals surface area contributed by atoms with E-state index in [-0.39, 0.29) is 5.41 Å². The Morgan fingerprint density at radius 3 is 2.36 bits per heavy atom. The summed E-state index contributed by atoms with van der Waals surface area (Å²) in [4.78, 5) is 6.79. The predicted molar refractivity (Wildman–Crippen MR) is 92.9 cm³/mol. The molecule has 4 heteroatoms. The largest absolute Gasteiger partial charge is 0.336 e. The lowest BCUT2D eigenvalue weighted by molar-refractivity contribution is 0.149. The lowest BCUT2D eigenvalue weighted by Crippen LogP contribution is -2.52. The summed E-state index contributed by atoms with van der Waals surface area (Å²) in [7, 11) is 0. The minimum atomic E-state index is 0.249. The van der Waals surface area contributed by atoms with E-state index in [9.17, 15) is 0 Å². The van der Waals surface area contributed by atoms with Crippen molar-refractivity contribution in [1.29, 1.82) is 0 Å². The van der Waals surface area contributed by atoms with Crippen LogP contribution in [0, 0.1) is 11.3 Å². The molecule has 0 aliphatic carbocycles. The molecule has 22 heavy (non-hydrogen) atoms. The topological polar surface area (TPSA) is 33.1 Å². The van der Waals surface area contributed by atoms with Gasteiger partial charge in [-0.1, -0.05) is 34.6 Å². The normalized spacial score (nSPS) is 19.7. The molecule has 1 fully saturated rings. The summed E-state index contributed by atoms with van der Waals surface area (Å²) in [5.74, 6) is 0.771. The molecule has 2 rings (SSSR count). The van der Waals surface area contributed by atoms with E-state index in [0.717, 1.165) is 12.5 Å². The average molecular weight is 306 g/mol. The summed E-state index contributed by atoms with van der Waals surface area (Å²) in [6.45, 7) is 16.3. The Balaban J connectivity index is 1.86. The number of nitrogens with one attached hydrogen (secondary N) is 1. The van der Waals surface area contributed by atoms with Gasteiger partial charge >= 0.3 is 0 Å². The molecule has 0 radical (unpaired) electrons. The van der Waals surface area contributed by atoms with E-state index < -0.39 is 0 Å². The molecule has 0 unspecified atom stereocenters. The zero-order valence-corrected chi connectivity index (χ0v) is 15.0. The van der Waals surface area contributed by atoms with E-state index in [1.165, 1.54) is 32.5 Å². The molecule has 4 nitrogen and oxygen atoms in total. The van der Waals surface area contributed by atoms with Gasteiger partial charge in [0.1, 0.15) is 0 Å². The van der Waals surface area contributed by atoms with E-state index in [1.54, 1.807) is 0 Å². The van der Waals surface area contributed by atoms with E-state index in [1.807, 2.05) is 12.5 Å². The van der Waals surface area contributed by atoms with Gasteiger partial charge in [-0.3, -0.25) is 0 Å². The maximum absolute atomic E-state index is 4.17. The Hall–Kier alpha value is -0.870. The number of hydrogen-bond acceptors (Lipinski definition) is 3. The first kappa shape index (κ1) is 17.5. The third-order valence-corrected chi connectivity index (χ3v) is 4.65. The Morgan fingerprint density at radius 1 is 1.18 bits per heavy atom. The SMILES string of the molecule is CC(C)CN1CCC(N[C@@H](Cn2ccnc2)C(C)(C)C)CC1. The Morgan fingerprint density at radius 2 is 1.86 bits per heavy atom. The molecule has 0 amide bonds. The van der Waals surface area contributed by atoms with Crippen LogP contribution in [0.25, 0.3) is 0 Å². The summed E-state index contributed by atoms with van der Waals surface area (Å²) in [5, 5.41) is 3.93. The second kappa shape index (κ2) is 7.60. The molecule has 1 saturated heterocycles. The van der Waals surface area contributed by atoms with Gasteiger partial charge in [-0.05, 0) is 37.3 Å². The maximum Gasteiger partial charge on any atom is 0.0946 e. The van der Waals surface area contributed by atoms with Crippen LogP contribution in [0.3, 0.4) is 0 Å². The Bertz CT molecular complexity index is 411. The quantitative estimate of drug-likeness (QED) is 0.877. The van der Waals surface area contributed by atoms with Crippen LogP contribution >= 0.6 is 0 Å². The number of nitrogens with zero attached hydrogens (tertiary/aromatic N) is 3. The number of aromatic nitrogens is 2. The minimum absolute atomic E-state index is 0.249. The highest BCUT2D eigenvalue weighted by Crippen LogP contribution is 2.23. The first-order valence-electron chi connectivity index (χ1n) is 8.78. The van der Waals surface area contributed by atoms with Gasteiger partial charge in [-0.15, -0.1) is 0 Å². The molecule has 0 aromatic carbocycles. The van der Waals surface area contributed by atoms with Crippen LogP contribution in [-0.2, 0) is 6.54 Å². The Labute approximate surface area is 136 Å². The van der Waals surface area contributed by atoms with E-state index in [4.69, 9.17) is 0 Å². The summed E-state index contributed by atoms with van der Waals surface area (Å²) < 4.78 is 2.19. The maximum atomic E-state index is 4.17. The van der Waals surface area contributed by atoms with Crippen molar-refractivity contribution < 1.29 is 0 Å². The van der Waals surface area contributed by atoms with Gasteiger partial charge in [0.2, 0.25) is 0 Å². The van der Waals surface area contributed by atoms with Crippen molar-refractivity contribution in [2.24, 2.45) is 11.3 Å². The fraction of sp³-hybridized carbons (Fsp3) is 0.833. The Kier molecular flexibility index (Phi) is 6.04. The monoisotopic (exact) mass is 306 g/mol. The molecule has 126 valence electrons. The zero-order valence-electron chi connectivity index (χ0n) is 15.0. The summed E-state index contributed by atoms with van der Waals surface area (Å²) in [5.41, 5.74) is 0.249. The predicted octanol–water partition coefficient (Wildman–Crippen LogP) is 3.01. The molecule has 0 bridgehead atoms. The van der Waals surface area contributed by atoms with Gasteiger partial charge in [-0.25, -0.2) is 4.98 Å². The molecule has 1 aromatic rings. The molecule has 2 heterocycles. The van der Waals surface area contributed by atoms with Crippen LogP contribution in [0.4, 0.5) is 0 Å². The summed E-state index contributed by atoms with van der Waals surface area (Å²) in [6.07, 6.45) is 8.38. The lowest BCUT2D eigenvalue weighted by atomic mass is 9.85. The van der Waals surface area contributed by atoms with Crippen molar-refractivity contribution in [3.63, 3.8) is 0 Å². The van der Waals surface area contributed by atoms with E-state index in [0.29, 0.717) is 12.1 Å². The number of likely N-dealkylation sites (tertiary alicyclic amines) is 1. The van der Waals surface area contributed by atoms with Crippen molar-refractivity contribution in [3.8, 4) is 0 Å². The molecular formula is C18H34N4. The van der Waals surface area contributed by atoms with Crippen molar-refractivity contribution >= 4 is 0 Å². The van der Waals surface area contributed by atoms with Crippen LogP contribution < -0.4 is 5.32 Å². The van der Waals surface area contributed by atoms with Crippen LogP contribution in [-0.4, -0.2) is 46.2 Å². The third kappa shape index (κ3) is 5.40. The van der Waals surface area contributed by atoms with E-state index >= 15 is 0 Å². The molecule has 1 N–H and O–H groups in total. The van der Waals surface area contributed by atoms with Crippen molar-refractivity contribution in [3.05, 3.63) is 18.7 Å². The smallest absolute Gasteiger partial charge is 0.0946 e. The van der Waals surface area contributed by atoms with Gasteiger partial charge in [0, 0.05) is 37.6 Å². The highest BCUT2D eigenvalue weighted by molar-refractivity contribution is 4.88. The fourth-order valence-electron chi connectivity index (χ4n) is 3.27. The molecule has 0 saturated carbocycles. The number of piperidine rings is 1. The molecule has 1 aliphatic rings. The minimum Gasteiger partial charge on any atom is -0.336 e. The van der Waals surface area contributed by atoms with Gasteiger partial charge in [0.25, 0.3) is 0 Å². The highest BCUT2D eigenvalue weighted by atomic mass is 15.2. The molecule has 1 atom stereocenters. The summed E-state index contributed by atoms with van der Waals surface area (Å²) >= 11 is 0. The van der Waals surface area contributed by atoms with E-state index in [2.05, 4.69) is 60.6 Å². The second-order valence-corrected chi connectivity index (χ2v) is 8.31. The molecular weight excluding hydrogens is 272 g/mol. The lowest BCUT2D eigenvalue weighted by Gasteiger charge is -2.39. The number of hydrogen-bond donors (Lipinski definition) is 1. The average Bonchev–Trinajstić information content (AvgIpc) is 2.91.